The Kier molecular flexibility index (Phi) is 6.20. The Morgan fingerprint density at radius 1 is 1.14 bits per heavy atom. The number of nitrogens with zero attached hydrogens (tertiary/aromatic N) is 2. The molecule has 29 heavy (non-hydrogen) atoms. The van der Waals surface area contributed by atoms with Crippen molar-refractivity contribution in [3.63, 3.8) is 0 Å². The predicted octanol–water partition coefficient (Wildman–Crippen LogP) is 3.40. The summed E-state index contributed by atoms with van der Waals surface area (Å²) in [5.74, 6) is 1.22. The summed E-state index contributed by atoms with van der Waals surface area (Å²) in [4.78, 5) is 14.3. The first kappa shape index (κ1) is 20.4. The van der Waals surface area contributed by atoms with Crippen LogP contribution in [-0.2, 0) is 4.79 Å². The zero-order chi connectivity index (χ0) is 21.0. The normalized spacial score (nSPS) is 16.2. The van der Waals surface area contributed by atoms with Gasteiger partial charge >= 0.3 is 0 Å². The highest BCUT2D eigenvalue weighted by molar-refractivity contribution is 7.84. The molecule has 3 rings (SSSR count). The number of ether oxygens (including phenoxy) is 3. The van der Waals surface area contributed by atoms with E-state index in [1.165, 1.54) is 0 Å². The van der Waals surface area contributed by atoms with E-state index < -0.39 is 12.1 Å². The van der Waals surface area contributed by atoms with E-state index in [9.17, 15) is 10.1 Å². The van der Waals surface area contributed by atoms with E-state index in [4.69, 9.17) is 14.2 Å². The first-order valence-corrected chi connectivity index (χ1v) is 9.37. The maximum atomic E-state index is 12.5. The molecule has 0 spiro atoms. The van der Waals surface area contributed by atoms with E-state index in [1.807, 2.05) is 37.3 Å². The molecule has 1 aliphatic heterocycles. The lowest BCUT2D eigenvalue weighted by molar-refractivity contribution is -0.118. The fourth-order valence-electron chi connectivity index (χ4n) is 3.15. The summed E-state index contributed by atoms with van der Waals surface area (Å²) >= 11 is 4.51. The lowest BCUT2D eigenvalue weighted by atomic mass is 10.1. The third-order valence-electron chi connectivity index (χ3n) is 4.46. The zero-order valence-electron chi connectivity index (χ0n) is 16.3. The van der Waals surface area contributed by atoms with Crippen LogP contribution in [-0.4, -0.2) is 26.7 Å². The number of nitriles is 1. The first-order valence-electron chi connectivity index (χ1n) is 8.92. The molecule has 1 aliphatic rings. The second-order valence-electron chi connectivity index (χ2n) is 6.07. The van der Waals surface area contributed by atoms with Crippen molar-refractivity contribution in [2.45, 2.75) is 13.1 Å². The molecule has 2 aromatic rings. The number of carbonyl (C=O) groups excluding carboxylic acids is 1. The lowest BCUT2D eigenvalue weighted by Gasteiger charge is -2.38. The molecule has 1 unspecified atom stereocenters. The van der Waals surface area contributed by atoms with Crippen molar-refractivity contribution < 1.29 is 19.0 Å². The molecule has 2 aromatic carbocycles. The molecular formula is C21H21N3O4S. The van der Waals surface area contributed by atoms with Gasteiger partial charge in [-0.05, 0) is 36.8 Å². The van der Waals surface area contributed by atoms with Gasteiger partial charge in [0.05, 0.1) is 31.5 Å². The van der Waals surface area contributed by atoms with Crippen LogP contribution in [0.1, 0.15) is 18.7 Å². The molecule has 0 bridgehead atoms. The third-order valence-corrected chi connectivity index (χ3v) is 4.90. The van der Waals surface area contributed by atoms with E-state index in [-0.39, 0.29) is 10.6 Å². The van der Waals surface area contributed by atoms with Crippen LogP contribution in [0.15, 0.2) is 53.1 Å². The molecule has 1 atom stereocenters. The number of carbonyl (C=O) groups is 1. The van der Waals surface area contributed by atoms with Crippen LogP contribution < -0.4 is 24.4 Å². The number of anilines is 1. The summed E-state index contributed by atoms with van der Waals surface area (Å²) in [5.41, 5.74) is 1.31. The van der Waals surface area contributed by atoms with E-state index in [1.54, 1.807) is 37.3 Å². The highest BCUT2D eigenvalue weighted by Gasteiger charge is 2.35. The molecule has 0 radical (unpaired) electrons. The van der Waals surface area contributed by atoms with Gasteiger partial charge < -0.3 is 24.4 Å². The topological polar surface area (TPSA) is 83.8 Å². The fourth-order valence-corrected chi connectivity index (χ4v) is 3.52. The quantitative estimate of drug-likeness (QED) is 0.709. The maximum absolute atomic E-state index is 12.5. The van der Waals surface area contributed by atoms with Gasteiger partial charge in [-0.2, -0.15) is 5.26 Å². The minimum atomic E-state index is -0.632. The van der Waals surface area contributed by atoms with Gasteiger partial charge in [-0.15, -0.1) is 12.6 Å². The van der Waals surface area contributed by atoms with Crippen molar-refractivity contribution >= 4 is 24.2 Å². The minimum Gasteiger partial charge on any atom is -0.495 e. The fraction of sp³-hybridized carbons (Fsp3) is 0.238. The van der Waals surface area contributed by atoms with Crippen molar-refractivity contribution in [3.05, 3.63) is 58.6 Å². The molecular weight excluding hydrogens is 390 g/mol. The van der Waals surface area contributed by atoms with Gasteiger partial charge in [-0.3, -0.25) is 4.79 Å². The molecule has 1 heterocycles. The van der Waals surface area contributed by atoms with Crippen molar-refractivity contribution in [1.82, 2.24) is 5.32 Å². The van der Waals surface area contributed by atoms with E-state index >= 15 is 0 Å². The molecule has 0 saturated carbocycles. The van der Waals surface area contributed by atoms with E-state index in [0.29, 0.717) is 29.5 Å². The number of hydrogen-bond donors (Lipinski definition) is 2. The summed E-state index contributed by atoms with van der Waals surface area (Å²) in [5, 5.41) is 12.6. The molecule has 0 fully saturated rings. The Labute approximate surface area is 174 Å². The Hall–Kier alpha value is -3.31. The third kappa shape index (κ3) is 3.82. The molecule has 0 aromatic heterocycles. The van der Waals surface area contributed by atoms with Gasteiger partial charge in [0.15, 0.2) is 11.5 Å². The second kappa shape index (κ2) is 8.80. The van der Waals surface area contributed by atoms with Crippen molar-refractivity contribution in [3.8, 4) is 23.3 Å². The van der Waals surface area contributed by atoms with E-state index in [2.05, 4.69) is 17.9 Å². The van der Waals surface area contributed by atoms with Crippen LogP contribution in [0.25, 0.3) is 0 Å². The summed E-state index contributed by atoms with van der Waals surface area (Å²) in [6.07, 6.45) is -0.632. The molecule has 8 heteroatoms. The van der Waals surface area contributed by atoms with Crippen LogP contribution in [0, 0.1) is 11.3 Å². The largest absolute Gasteiger partial charge is 0.495 e. The maximum Gasteiger partial charge on any atom is 0.266 e. The number of rotatable bonds is 6. The highest BCUT2D eigenvalue weighted by atomic mass is 32.1. The first-order chi connectivity index (χ1) is 14.0. The van der Waals surface area contributed by atoms with Gasteiger partial charge in [-0.25, -0.2) is 0 Å². The zero-order valence-corrected chi connectivity index (χ0v) is 17.2. The number of hydrogen-bond acceptors (Lipinski definition) is 7. The summed E-state index contributed by atoms with van der Waals surface area (Å²) in [6.45, 7) is 2.39. The smallest absolute Gasteiger partial charge is 0.266 e. The Morgan fingerprint density at radius 2 is 1.86 bits per heavy atom. The highest BCUT2D eigenvalue weighted by Crippen LogP contribution is 2.41. The van der Waals surface area contributed by atoms with Gasteiger partial charge in [0.25, 0.3) is 5.91 Å². The molecule has 0 saturated heterocycles. The van der Waals surface area contributed by atoms with Gasteiger partial charge in [0, 0.05) is 0 Å². The predicted molar refractivity (Wildman–Crippen MR) is 112 cm³/mol. The second-order valence-corrected chi connectivity index (χ2v) is 6.50. The number of methoxy groups -OCH3 is 2. The number of amides is 1. The summed E-state index contributed by atoms with van der Waals surface area (Å²) < 4.78 is 16.5. The number of nitrogens with one attached hydrogen (secondary N) is 1. The van der Waals surface area contributed by atoms with Gasteiger partial charge in [-0.1, -0.05) is 18.2 Å². The minimum absolute atomic E-state index is 0.0756. The van der Waals surface area contributed by atoms with Crippen molar-refractivity contribution in [2.75, 3.05) is 25.7 Å². The average Bonchev–Trinajstić information content (AvgIpc) is 2.74. The summed E-state index contributed by atoms with van der Waals surface area (Å²) in [7, 11) is 3.11. The molecule has 150 valence electrons. The van der Waals surface area contributed by atoms with Crippen LogP contribution in [0.2, 0.25) is 0 Å². The molecule has 7 nitrogen and oxygen atoms in total. The number of benzene rings is 2. The Balaban J connectivity index is 2.17. The molecule has 0 aliphatic carbocycles. The molecule has 1 amide bonds. The Bertz CT molecular complexity index is 1000. The average molecular weight is 411 g/mol. The van der Waals surface area contributed by atoms with E-state index in [0.717, 1.165) is 5.56 Å². The number of thiol groups is 1. The van der Waals surface area contributed by atoms with Crippen LogP contribution >= 0.6 is 12.6 Å². The monoisotopic (exact) mass is 411 g/mol. The van der Waals surface area contributed by atoms with Crippen molar-refractivity contribution in [1.29, 1.82) is 5.26 Å². The standard InChI is InChI=1S/C21H21N3O4S/c1-4-28-17-10-9-13(11-18(17)27-3)19-23-20(25)14(12-22)21(29)24(19)15-7-5-6-8-16(15)26-2/h5-11,19,29H,4H2,1-3H3,(H,23,25). The number of para-hydroxylation sites is 2. The van der Waals surface area contributed by atoms with Gasteiger partial charge in [0.1, 0.15) is 23.6 Å². The van der Waals surface area contributed by atoms with Gasteiger partial charge in [0.2, 0.25) is 0 Å². The van der Waals surface area contributed by atoms with Crippen LogP contribution in [0.3, 0.4) is 0 Å². The lowest BCUT2D eigenvalue weighted by Crippen LogP contribution is -2.46. The summed E-state index contributed by atoms with van der Waals surface area (Å²) in [6, 6.07) is 14.6. The SMILES string of the molecule is CCOc1ccc(C2NC(=O)C(C#N)=C(S)N2c2ccccc2OC)cc1OC. The Morgan fingerprint density at radius 3 is 2.52 bits per heavy atom. The van der Waals surface area contributed by atoms with Crippen LogP contribution in [0.4, 0.5) is 5.69 Å². The molecule has 1 N–H and O–H groups in total. The van der Waals surface area contributed by atoms with Crippen molar-refractivity contribution in [2.24, 2.45) is 0 Å². The van der Waals surface area contributed by atoms with Crippen LogP contribution in [0.5, 0.6) is 17.2 Å².